The molecular formula is C18H35NO5. The Morgan fingerprint density at radius 1 is 1.00 bits per heavy atom. The minimum Gasteiger partial charge on any atom is -0.465 e. The second-order valence-electron chi connectivity index (χ2n) is 6.10. The molecule has 0 saturated carbocycles. The monoisotopic (exact) mass is 345 g/mol. The van der Waals surface area contributed by atoms with Gasteiger partial charge in [0.05, 0.1) is 18.4 Å². The Balaban J connectivity index is 4.46. The number of nitrogens with zero attached hydrogens (tertiary/aromatic N) is 1. The molecule has 6 nitrogen and oxygen atoms in total. The van der Waals surface area contributed by atoms with Gasteiger partial charge in [-0.1, -0.05) is 34.6 Å². The Kier molecular flexibility index (Phi) is 12.6. The fourth-order valence-electron chi connectivity index (χ4n) is 2.61. The van der Waals surface area contributed by atoms with E-state index in [2.05, 4.69) is 18.7 Å². The molecule has 0 heterocycles. The first-order valence-corrected chi connectivity index (χ1v) is 9.09. The van der Waals surface area contributed by atoms with E-state index in [0.29, 0.717) is 19.4 Å². The third-order valence-corrected chi connectivity index (χ3v) is 4.63. The van der Waals surface area contributed by atoms with Gasteiger partial charge in [0.2, 0.25) is 0 Å². The summed E-state index contributed by atoms with van der Waals surface area (Å²) in [6.45, 7) is 12.9. The Hall–Kier alpha value is -1.14. The lowest BCUT2D eigenvalue weighted by atomic mass is 9.82. The van der Waals surface area contributed by atoms with Gasteiger partial charge in [-0.3, -0.25) is 9.59 Å². The lowest BCUT2D eigenvalue weighted by molar-refractivity contribution is -0.156. The smallest absolute Gasteiger partial charge is 0.309 e. The number of esters is 2. The Labute approximate surface area is 146 Å². The van der Waals surface area contributed by atoms with Crippen LogP contribution in [0.1, 0.15) is 47.5 Å². The summed E-state index contributed by atoms with van der Waals surface area (Å²) in [4.78, 5) is 26.5. The Morgan fingerprint density at radius 3 is 2.08 bits per heavy atom. The van der Waals surface area contributed by atoms with E-state index in [0.717, 1.165) is 19.6 Å². The first-order valence-electron chi connectivity index (χ1n) is 9.09. The van der Waals surface area contributed by atoms with Crippen molar-refractivity contribution in [1.82, 2.24) is 4.90 Å². The molecule has 0 aliphatic heterocycles. The summed E-state index contributed by atoms with van der Waals surface area (Å²) < 4.78 is 10.5. The average Bonchev–Trinajstić information content (AvgIpc) is 2.58. The molecule has 0 saturated heterocycles. The summed E-state index contributed by atoms with van der Waals surface area (Å²) in [6.07, 6.45) is 1.05. The van der Waals surface area contributed by atoms with Crippen LogP contribution in [0, 0.1) is 17.8 Å². The lowest BCUT2D eigenvalue weighted by Crippen LogP contribution is -2.34. The number of rotatable bonds is 13. The highest BCUT2D eigenvalue weighted by Gasteiger charge is 2.33. The van der Waals surface area contributed by atoms with Gasteiger partial charge in [0.15, 0.2) is 0 Å². The zero-order valence-corrected chi connectivity index (χ0v) is 15.9. The van der Waals surface area contributed by atoms with Crippen molar-refractivity contribution in [1.29, 1.82) is 0 Å². The average molecular weight is 345 g/mol. The van der Waals surface area contributed by atoms with Crippen LogP contribution in [0.4, 0.5) is 0 Å². The second kappa shape index (κ2) is 13.2. The second-order valence-corrected chi connectivity index (χ2v) is 6.10. The van der Waals surface area contributed by atoms with Crippen molar-refractivity contribution >= 4 is 11.9 Å². The van der Waals surface area contributed by atoms with Gasteiger partial charge in [0.25, 0.3) is 0 Å². The van der Waals surface area contributed by atoms with Gasteiger partial charge < -0.3 is 19.5 Å². The van der Waals surface area contributed by atoms with Crippen LogP contribution in [0.25, 0.3) is 0 Å². The van der Waals surface area contributed by atoms with Gasteiger partial charge in [0, 0.05) is 19.6 Å². The Bertz CT molecular complexity index is 357. The summed E-state index contributed by atoms with van der Waals surface area (Å²) >= 11 is 0. The number of aliphatic hydroxyl groups is 1. The van der Waals surface area contributed by atoms with Crippen LogP contribution < -0.4 is 0 Å². The van der Waals surface area contributed by atoms with Crippen LogP contribution in [-0.2, 0) is 19.1 Å². The van der Waals surface area contributed by atoms with Gasteiger partial charge in [-0.05, 0) is 25.4 Å². The molecule has 0 radical (unpaired) electrons. The highest BCUT2D eigenvalue weighted by atomic mass is 16.5. The molecule has 0 amide bonds. The first-order chi connectivity index (χ1) is 11.4. The molecule has 3 atom stereocenters. The molecule has 0 aliphatic carbocycles. The maximum absolute atomic E-state index is 12.3. The molecule has 0 aromatic rings. The van der Waals surface area contributed by atoms with E-state index in [1.165, 1.54) is 0 Å². The van der Waals surface area contributed by atoms with Crippen molar-refractivity contribution < 1.29 is 24.2 Å². The van der Waals surface area contributed by atoms with Crippen molar-refractivity contribution in [3.05, 3.63) is 0 Å². The first kappa shape index (κ1) is 22.9. The summed E-state index contributed by atoms with van der Waals surface area (Å²) in [6, 6.07) is 0. The zero-order valence-electron chi connectivity index (χ0n) is 15.9. The number of aliphatic hydroxyl groups excluding tert-OH is 1. The van der Waals surface area contributed by atoms with Crippen molar-refractivity contribution in [2.24, 2.45) is 17.8 Å². The van der Waals surface area contributed by atoms with E-state index in [-0.39, 0.29) is 42.9 Å². The van der Waals surface area contributed by atoms with Crippen LogP contribution in [0.5, 0.6) is 0 Å². The van der Waals surface area contributed by atoms with Crippen molar-refractivity contribution in [2.45, 2.75) is 47.5 Å². The van der Waals surface area contributed by atoms with E-state index in [9.17, 15) is 9.59 Å². The highest BCUT2D eigenvalue weighted by Crippen LogP contribution is 2.26. The third kappa shape index (κ3) is 8.11. The predicted octanol–water partition coefficient (Wildman–Crippen LogP) is 2.10. The van der Waals surface area contributed by atoms with Crippen molar-refractivity contribution in [3.8, 4) is 0 Å². The van der Waals surface area contributed by atoms with Gasteiger partial charge in [-0.25, -0.2) is 0 Å². The van der Waals surface area contributed by atoms with Crippen LogP contribution in [0.3, 0.4) is 0 Å². The number of hydrogen-bond acceptors (Lipinski definition) is 6. The largest absolute Gasteiger partial charge is 0.465 e. The normalized spacial score (nSPS) is 15.0. The molecule has 0 aromatic carbocycles. The predicted molar refractivity (Wildman–Crippen MR) is 93.5 cm³/mol. The van der Waals surface area contributed by atoms with E-state index in [1.807, 2.05) is 13.8 Å². The molecule has 24 heavy (non-hydrogen) atoms. The molecule has 0 aliphatic rings. The molecule has 0 aromatic heterocycles. The molecule has 1 N–H and O–H groups in total. The molecule has 142 valence electrons. The number of ether oxygens (including phenoxy) is 2. The summed E-state index contributed by atoms with van der Waals surface area (Å²) in [5.41, 5.74) is 0. The summed E-state index contributed by atoms with van der Waals surface area (Å²) in [5.74, 6) is -1.43. The molecule has 6 heteroatoms. The third-order valence-electron chi connectivity index (χ3n) is 4.63. The number of carbonyl (C=O) groups excluding carboxylic acids is 2. The highest BCUT2D eigenvalue weighted by molar-refractivity contribution is 5.76. The van der Waals surface area contributed by atoms with Gasteiger partial charge >= 0.3 is 11.9 Å². The summed E-state index contributed by atoms with van der Waals surface area (Å²) in [7, 11) is 0. The number of hydrogen-bond donors (Lipinski definition) is 1. The fraction of sp³-hybridized carbons (Fsp3) is 0.889. The quantitative estimate of drug-likeness (QED) is 0.407. The molecule has 0 fully saturated rings. The minimum absolute atomic E-state index is 0.00629. The number of carbonyl (C=O) groups is 2. The molecular weight excluding hydrogens is 310 g/mol. The molecule has 3 unspecified atom stereocenters. The van der Waals surface area contributed by atoms with E-state index < -0.39 is 0 Å². The van der Waals surface area contributed by atoms with E-state index in [4.69, 9.17) is 14.6 Å². The maximum Gasteiger partial charge on any atom is 0.309 e. The zero-order chi connectivity index (χ0) is 18.5. The number of likely N-dealkylation sites (N-methyl/N-ethyl adjacent to an activating group) is 1. The van der Waals surface area contributed by atoms with E-state index >= 15 is 0 Å². The standard InChI is InChI=1S/C18H35NO5/c1-6-16(18(22)24-13-10-19(7-2)8-3)14(4)15(5)17(21)23-12-9-11-20/h14-16,20H,6-13H2,1-5H3. The van der Waals surface area contributed by atoms with E-state index in [1.54, 1.807) is 6.92 Å². The minimum atomic E-state index is -0.385. The van der Waals surface area contributed by atoms with Crippen molar-refractivity contribution in [3.63, 3.8) is 0 Å². The SMILES string of the molecule is CCC(C(=O)OCCN(CC)CC)C(C)C(C)C(=O)OCCCO. The molecule has 0 spiro atoms. The maximum atomic E-state index is 12.3. The fourth-order valence-corrected chi connectivity index (χ4v) is 2.61. The van der Waals surface area contributed by atoms with Gasteiger partial charge in [-0.15, -0.1) is 0 Å². The molecule has 0 rings (SSSR count). The lowest BCUT2D eigenvalue weighted by Gasteiger charge is -2.26. The van der Waals surface area contributed by atoms with Crippen LogP contribution in [0.2, 0.25) is 0 Å². The van der Waals surface area contributed by atoms with Gasteiger partial charge in [-0.2, -0.15) is 0 Å². The van der Waals surface area contributed by atoms with Gasteiger partial charge in [0.1, 0.15) is 6.61 Å². The topological polar surface area (TPSA) is 76.1 Å². The van der Waals surface area contributed by atoms with Crippen LogP contribution in [-0.4, -0.2) is 61.4 Å². The summed E-state index contributed by atoms with van der Waals surface area (Å²) in [5, 5.41) is 8.73. The molecule has 0 bridgehead atoms. The van der Waals surface area contributed by atoms with Crippen molar-refractivity contribution in [2.75, 3.05) is 39.5 Å². The van der Waals surface area contributed by atoms with Crippen LogP contribution in [0.15, 0.2) is 0 Å². The van der Waals surface area contributed by atoms with Crippen LogP contribution >= 0.6 is 0 Å². The Morgan fingerprint density at radius 2 is 1.58 bits per heavy atom.